The number of benzene rings is 1. The third-order valence-corrected chi connectivity index (χ3v) is 3.19. The fourth-order valence-electron chi connectivity index (χ4n) is 1.64. The van der Waals surface area contributed by atoms with Crippen LogP contribution in [0.1, 0.15) is 38.2 Å². The summed E-state index contributed by atoms with van der Waals surface area (Å²) in [5.74, 6) is 0. The van der Waals surface area contributed by atoms with E-state index in [2.05, 4.69) is 19.1 Å². The molecule has 1 rings (SSSR count). The van der Waals surface area contributed by atoms with Gasteiger partial charge in [0.1, 0.15) is 0 Å². The molecule has 0 spiro atoms. The molecule has 0 saturated heterocycles. The zero-order valence-corrected chi connectivity index (χ0v) is 10.7. The molecule has 15 heavy (non-hydrogen) atoms. The predicted octanol–water partition coefficient (Wildman–Crippen LogP) is 5.07. The first-order chi connectivity index (χ1) is 7.22. The molecule has 0 aliphatic carbocycles. The van der Waals surface area contributed by atoms with Crippen LogP contribution in [0.4, 0.5) is 0 Å². The molecule has 1 aromatic rings. The van der Waals surface area contributed by atoms with E-state index in [0.717, 1.165) is 30.7 Å². The number of hydrogen-bond acceptors (Lipinski definition) is 0. The monoisotopic (exact) mass is 244 g/mol. The number of aryl methyl sites for hydroxylation is 1. The Morgan fingerprint density at radius 2 is 1.80 bits per heavy atom. The first kappa shape index (κ1) is 12.9. The fraction of sp³-hybridized carbons (Fsp3) is 0.538. The highest BCUT2D eigenvalue weighted by Crippen LogP contribution is 2.16. The fourth-order valence-corrected chi connectivity index (χ4v) is 2.13. The molecule has 1 atom stereocenters. The van der Waals surface area contributed by atoms with Crippen molar-refractivity contribution in [3.63, 3.8) is 0 Å². The first-order valence-electron chi connectivity index (χ1n) is 5.61. The Morgan fingerprint density at radius 3 is 2.40 bits per heavy atom. The molecule has 1 aromatic carbocycles. The average molecular weight is 245 g/mol. The summed E-state index contributed by atoms with van der Waals surface area (Å²) >= 11 is 12.0. The van der Waals surface area contributed by atoms with Crippen LogP contribution in [0.15, 0.2) is 24.3 Å². The van der Waals surface area contributed by atoms with E-state index in [1.165, 1.54) is 12.0 Å². The molecule has 0 radical (unpaired) electrons. The van der Waals surface area contributed by atoms with Gasteiger partial charge in [0.2, 0.25) is 0 Å². The van der Waals surface area contributed by atoms with Gasteiger partial charge < -0.3 is 0 Å². The quantitative estimate of drug-likeness (QED) is 0.614. The smallest absolute Gasteiger partial charge is 0.0406 e. The van der Waals surface area contributed by atoms with Crippen LogP contribution in [-0.2, 0) is 6.42 Å². The summed E-state index contributed by atoms with van der Waals surface area (Å²) in [7, 11) is 0. The van der Waals surface area contributed by atoms with Crippen LogP contribution in [0.3, 0.4) is 0 Å². The highest BCUT2D eigenvalue weighted by Gasteiger charge is 2.02. The molecule has 0 fully saturated rings. The number of alkyl halides is 1. The second-order valence-corrected chi connectivity index (χ2v) is 4.96. The van der Waals surface area contributed by atoms with Crippen LogP contribution in [0.5, 0.6) is 0 Å². The van der Waals surface area contributed by atoms with Crippen molar-refractivity contribution in [2.24, 2.45) is 0 Å². The Morgan fingerprint density at radius 1 is 1.13 bits per heavy atom. The zero-order valence-electron chi connectivity index (χ0n) is 9.18. The van der Waals surface area contributed by atoms with Gasteiger partial charge in [-0.15, -0.1) is 11.6 Å². The summed E-state index contributed by atoms with van der Waals surface area (Å²) in [4.78, 5) is 0. The Balaban J connectivity index is 2.22. The van der Waals surface area contributed by atoms with E-state index in [4.69, 9.17) is 23.2 Å². The van der Waals surface area contributed by atoms with Crippen LogP contribution < -0.4 is 0 Å². The lowest BCUT2D eigenvalue weighted by atomic mass is 10.1. The van der Waals surface area contributed by atoms with Crippen molar-refractivity contribution in [1.29, 1.82) is 0 Å². The van der Waals surface area contributed by atoms with E-state index in [1.54, 1.807) is 0 Å². The molecule has 0 bridgehead atoms. The minimum absolute atomic E-state index is 0.349. The number of hydrogen-bond donors (Lipinski definition) is 0. The van der Waals surface area contributed by atoms with Gasteiger partial charge in [0.15, 0.2) is 0 Å². The lowest BCUT2D eigenvalue weighted by molar-refractivity contribution is 0.640. The highest BCUT2D eigenvalue weighted by atomic mass is 35.5. The maximum atomic E-state index is 6.15. The van der Waals surface area contributed by atoms with E-state index in [1.807, 2.05) is 12.1 Å². The van der Waals surface area contributed by atoms with Crippen molar-refractivity contribution >= 4 is 23.2 Å². The Hall–Kier alpha value is -0.200. The second kappa shape index (κ2) is 7.14. The van der Waals surface area contributed by atoms with Crippen LogP contribution in [0.25, 0.3) is 0 Å². The van der Waals surface area contributed by atoms with E-state index >= 15 is 0 Å². The Kier molecular flexibility index (Phi) is 6.12. The molecule has 0 N–H and O–H groups in total. The van der Waals surface area contributed by atoms with Crippen molar-refractivity contribution in [2.75, 3.05) is 0 Å². The molecule has 0 heterocycles. The van der Waals surface area contributed by atoms with Crippen molar-refractivity contribution < 1.29 is 0 Å². The molecule has 84 valence electrons. The van der Waals surface area contributed by atoms with Crippen molar-refractivity contribution in [3.05, 3.63) is 34.9 Å². The average Bonchev–Trinajstić information content (AvgIpc) is 2.21. The second-order valence-electron chi connectivity index (χ2n) is 3.90. The largest absolute Gasteiger partial charge is 0.123 e. The maximum Gasteiger partial charge on any atom is 0.0406 e. The van der Waals surface area contributed by atoms with E-state index < -0.39 is 0 Å². The molecule has 0 aromatic heterocycles. The van der Waals surface area contributed by atoms with E-state index in [0.29, 0.717) is 5.38 Å². The summed E-state index contributed by atoms with van der Waals surface area (Å²) in [5.41, 5.74) is 1.35. The molecule has 0 amide bonds. The van der Waals surface area contributed by atoms with Crippen molar-refractivity contribution in [1.82, 2.24) is 0 Å². The van der Waals surface area contributed by atoms with Gasteiger partial charge in [0, 0.05) is 10.4 Å². The zero-order chi connectivity index (χ0) is 11.1. The lowest BCUT2D eigenvalue weighted by Gasteiger charge is -2.07. The summed E-state index contributed by atoms with van der Waals surface area (Å²) in [6.45, 7) is 2.18. The van der Waals surface area contributed by atoms with Gasteiger partial charge in [-0.3, -0.25) is 0 Å². The van der Waals surface area contributed by atoms with Crippen LogP contribution in [0.2, 0.25) is 5.02 Å². The summed E-state index contributed by atoms with van der Waals surface area (Å²) in [5, 5.41) is 1.15. The number of rotatable bonds is 6. The van der Waals surface area contributed by atoms with Gasteiger partial charge in [-0.1, -0.05) is 37.1 Å². The predicted molar refractivity (Wildman–Crippen MR) is 68.9 cm³/mol. The molecular formula is C13H18Cl2. The van der Waals surface area contributed by atoms with Crippen LogP contribution >= 0.6 is 23.2 Å². The minimum atomic E-state index is 0.349. The van der Waals surface area contributed by atoms with Crippen LogP contribution in [-0.4, -0.2) is 5.38 Å². The van der Waals surface area contributed by atoms with Gasteiger partial charge in [-0.05, 0) is 43.4 Å². The molecule has 1 unspecified atom stereocenters. The van der Waals surface area contributed by atoms with Gasteiger partial charge in [0.05, 0.1) is 0 Å². The molecule has 0 aliphatic heterocycles. The molecule has 0 aliphatic rings. The molecular weight excluding hydrogens is 227 g/mol. The van der Waals surface area contributed by atoms with E-state index in [9.17, 15) is 0 Å². The Bertz CT molecular complexity index is 266. The third kappa shape index (κ3) is 5.44. The first-order valence-corrected chi connectivity index (χ1v) is 6.42. The maximum absolute atomic E-state index is 6.15. The van der Waals surface area contributed by atoms with Gasteiger partial charge in [0.25, 0.3) is 0 Å². The van der Waals surface area contributed by atoms with E-state index in [-0.39, 0.29) is 0 Å². The summed E-state index contributed by atoms with van der Waals surface area (Å²) in [6.07, 6.45) is 5.68. The van der Waals surface area contributed by atoms with Crippen molar-refractivity contribution in [3.8, 4) is 0 Å². The normalized spacial score (nSPS) is 12.7. The van der Waals surface area contributed by atoms with Gasteiger partial charge in [-0.25, -0.2) is 0 Å². The van der Waals surface area contributed by atoms with Crippen LogP contribution in [0, 0.1) is 0 Å². The standard InChI is InChI=1S/C13H18Cl2/c1-2-4-12(14)6-3-5-11-7-9-13(15)10-8-11/h7-10,12H,2-6H2,1H3. The summed E-state index contributed by atoms with van der Waals surface area (Å²) in [6, 6.07) is 8.07. The summed E-state index contributed by atoms with van der Waals surface area (Å²) < 4.78 is 0. The van der Waals surface area contributed by atoms with Crippen molar-refractivity contribution in [2.45, 2.75) is 44.4 Å². The number of halogens is 2. The minimum Gasteiger partial charge on any atom is -0.123 e. The topological polar surface area (TPSA) is 0 Å². The molecule has 0 nitrogen and oxygen atoms in total. The lowest BCUT2D eigenvalue weighted by Crippen LogP contribution is -1.98. The molecule has 2 heteroatoms. The Labute approximate surface area is 103 Å². The van der Waals surface area contributed by atoms with Gasteiger partial charge in [-0.2, -0.15) is 0 Å². The molecule has 0 saturated carbocycles. The highest BCUT2D eigenvalue weighted by molar-refractivity contribution is 6.30. The third-order valence-electron chi connectivity index (χ3n) is 2.50. The van der Waals surface area contributed by atoms with Gasteiger partial charge >= 0.3 is 0 Å². The SMILES string of the molecule is CCCC(Cl)CCCc1ccc(Cl)cc1.